The molecule has 4 aromatic carbocycles. The Morgan fingerprint density at radius 1 is 0.607 bits per heavy atom. The van der Waals surface area contributed by atoms with Crippen LogP contribution in [0.3, 0.4) is 0 Å². The summed E-state index contributed by atoms with van der Waals surface area (Å²) in [6, 6.07) is 35.2. The van der Waals surface area contributed by atoms with Crippen molar-refractivity contribution in [1.29, 1.82) is 0 Å². The molecule has 0 saturated heterocycles. The maximum atomic E-state index is 13.0. The largest absolute Gasteiger partial charge is 0.491 e. The van der Waals surface area contributed by atoms with Gasteiger partial charge < -0.3 is 15.2 Å². The van der Waals surface area contributed by atoms with Crippen molar-refractivity contribution in [2.24, 2.45) is 0 Å². The molecule has 4 heterocycles. The van der Waals surface area contributed by atoms with E-state index in [9.17, 15) is 16.8 Å². The number of nitrogens with zero attached hydrogens (tertiary/aromatic N) is 6. The van der Waals surface area contributed by atoms with Gasteiger partial charge in [-0.3, -0.25) is 14.7 Å². The van der Waals surface area contributed by atoms with Crippen LogP contribution in [0.2, 0.25) is 0 Å². The number of benzene rings is 4. The van der Waals surface area contributed by atoms with Gasteiger partial charge in [0.05, 0.1) is 55.8 Å². The number of fused-ring (bicyclic) bond motifs is 2. The maximum absolute atomic E-state index is 13.0. The lowest BCUT2D eigenvalue weighted by atomic mass is 10.2. The van der Waals surface area contributed by atoms with E-state index in [-0.39, 0.29) is 22.0 Å². The first-order valence-corrected chi connectivity index (χ1v) is 22.9. The fraction of sp³-hybridized carbons (Fsp3) is 0.182. The van der Waals surface area contributed by atoms with Gasteiger partial charge >= 0.3 is 0 Å². The summed E-state index contributed by atoms with van der Waals surface area (Å²) in [5, 5.41) is 10.8. The Morgan fingerprint density at radius 3 is 1.52 bits per heavy atom. The number of sulfonamides is 1. The summed E-state index contributed by atoms with van der Waals surface area (Å²) in [4.78, 5) is 8.91. The third-order valence-corrected chi connectivity index (χ3v) is 11.4. The van der Waals surface area contributed by atoms with Crippen molar-refractivity contribution in [3.63, 3.8) is 0 Å². The summed E-state index contributed by atoms with van der Waals surface area (Å²) in [6.45, 7) is 11.4. The Labute approximate surface area is 359 Å². The number of halogens is 1. The van der Waals surface area contributed by atoms with Gasteiger partial charge in [0, 0.05) is 46.0 Å². The number of ether oxygens (including phenoxy) is 2. The molecule has 0 bridgehead atoms. The predicted octanol–water partition coefficient (Wildman–Crippen LogP) is 9.03. The number of hydrogen-bond acceptors (Lipinski definition) is 11. The minimum atomic E-state index is -3.81. The number of anilines is 2. The van der Waals surface area contributed by atoms with Crippen LogP contribution < -0.4 is 19.9 Å². The first-order valence-electron chi connectivity index (χ1n) is 19.1. The number of hydrogen-bond donors (Lipinski definition) is 2. The van der Waals surface area contributed by atoms with Crippen LogP contribution in [0.15, 0.2) is 144 Å². The third-order valence-electron chi connectivity index (χ3n) is 8.61. The quantitative estimate of drug-likeness (QED) is 0.125. The summed E-state index contributed by atoms with van der Waals surface area (Å²) < 4.78 is 64.7. The number of rotatable bonds is 10. The molecule has 0 saturated carbocycles. The maximum Gasteiger partial charge on any atom is 0.263 e. The number of pyridine rings is 2. The first kappa shape index (κ1) is 44.1. The lowest BCUT2D eigenvalue weighted by molar-refractivity contribution is 0.242. The van der Waals surface area contributed by atoms with Gasteiger partial charge in [0.25, 0.3) is 19.1 Å². The lowest BCUT2D eigenvalue weighted by Crippen LogP contribution is -2.16. The number of aromatic nitrogens is 6. The van der Waals surface area contributed by atoms with Crippen molar-refractivity contribution >= 4 is 63.2 Å². The van der Waals surface area contributed by atoms with Crippen LogP contribution in [0.1, 0.15) is 39.1 Å². The summed E-state index contributed by atoms with van der Waals surface area (Å²) in [6.07, 6.45) is 3.58. The normalized spacial score (nSPS) is 11.5. The second-order valence-electron chi connectivity index (χ2n) is 14.2. The van der Waals surface area contributed by atoms with Crippen LogP contribution in [-0.2, 0) is 19.1 Å². The highest BCUT2D eigenvalue weighted by molar-refractivity contribution is 8.13. The van der Waals surface area contributed by atoms with Crippen LogP contribution in [0.4, 0.5) is 11.6 Å². The minimum absolute atomic E-state index is 0.0121. The molecule has 17 heteroatoms. The molecule has 61 heavy (non-hydrogen) atoms. The molecule has 14 nitrogen and oxygen atoms in total. The zero-order valence-electron chi connectivity index (χ0n) is 34.3. The Morgan fingerprint density at radius 2 is 1.07 bits per heavy atom. The van der Waals surface area contributed by atoms with E-state index in [4.69, 9.17) is 25.9 Å². The number of nitrogens with two attached hydrogens (primary N) is 1. The average Bonchev–Trinajstić information content (AvgIpc) is 3.75. The van der Waals surface area contributed by atoms with Crippen LogP contribution in [0, 0.1) is 13.8 Å². The minimum Gasteiger partial charge on any atom is -0.491 e. The van der Waals surface area contributed by atoms with E-state index in [1.165, 1.54) is 24.3 Å². The molecule has 3 N–H and O–H groups in total. The monoisotopic (exact) mass is 880 g/mol. The van der Waals surface area contributed by atoms with E-state index < -0.39 is 19.1 Å². The van der Waals surface area contributed by atoms with Crippen LogP contribution in [0.25, 0.3) is 33.2 Å². The van der Waals surface area contributed by atoms with Crippen molar-refractivity contribution in [2.45, 2.75) is 63.5 Å². The smallest absolute Gasteiger partial charge is 0.263 e. The molecular formula is C44H45ClN8O6S2. The molecule has 0 unspecified atom stereocenters. The Balaban J connectivity index is 0.000000169. The van der Waals surface area contributed by atoms with Crippen molar-refractivity contribution in [3.8, 4) is 22.9 Å². The Hall–Kier alpha value is -6.49. The third kappa shape index (κ3) is 11.2. The zero-order chi connectivity index (χ0) is 43.9. The van der Waals surface area contributed by atoms with E-state index in [2.05, 4.69) is 24.9 Å². The van der Waals surface area contributed by atoms with E-state index in [0.29, 0.717) is 28.8 Å². The van der Waals surface area contributed by atoms with Gasteiger partial charge in [0.1, 0.15) is 23.1 Å². The van der Waals surface area contributed by atoms with Gasteiger partial charge in [0.2, 0.25) is 0 Å². The highest BCUT2D eigenvalue weighted by Crippen LogP contribution is 2.27. The topological polar surface area (TPSA) is 186 Å². The highest BCUT2D eigenvalue weighted by Gasteiger charge is 2.19. The molecule has 0 atom stereocenters. The standard InChI is InChI=1S/C22H22N4O3S.C13H12N4.C9H11ClO3S/c1-15(2)29-17-9-11-18(12-10-17)30(27,28)25-22-14-16(3)24-26(22)21-8-4-7-20-19(21)6-5-13-23-20;1-9-8-13(14)17(16-9)12-6-2-5-11-10(12)4-3-7-15-11;1-7(2)13-8-3-5-9(6-4-8)14(10,11)12/h4-15,25H,1-3H3;2-8H,14H2,1H3;3-7H,1-2H3. The lowest BCUT2D eigenvalue weighted by Gasteiger charge is -2.13. The van der Waals surface area contributed by atoms with Crippen molar-refractivity contribution in [2.75, 3.05) is 10.5 Å². The van der Waals surface area contributed by atoms with Gasteiger partial charge in [-0.2, -0.15) is 10.2 Å². The van der Waals surface area contributed by atoms with Crippen LogP contribution >= 0.6 is 10.7 Å². The van der Waals surface area contributed by atoms with Crippen LogP contribution in [0.5, 0.6) is 11.5 Å². The fourth-order valence-corrected chi connectivity index (χ4v) is 7.93. The second-order valence-corrected chi connectivity index (χ2v) is 18.5. The van der Waals surface area contributed by atoms with Gasteiger partial charge in [-0.05, 0) is 139 Å². The number of nitrogen functional groups attached to an aromatic ring is 1. The molecule has 0 fully saturated rings. The predicted molar refractivity (Wildman–Crippen MR) is 240 cm³/mol. The van der Waals surface area contributed by atoms with E-state index in [0.717, 1.165) is 38.9 Å². The van der Waals surface area contributed by atoms with Crippen molar-refractivity contribution in [1.82, 2.24) is 29.5 Å². The molecule has 8 rings (SSSR count). The molecular weight excluding hydrogens is 836 g/mol. The summed E-state index contributed by atoms with van der Waals surface area (Å²) in [5.74, 6) is 2.24. The molecule has 0 aliphatic heterocycles. The molecule has 8 aromatic rings. The fourth-order valence-electron chi connectivity index (χ4n) is 6.13. The molecule has 316 valence electrons. The van der Waals surface area contributed by atoms with E-state index >= 15 is 0 Å². The Bertz CT molecular complexity index is 2980. The van der Waals surface area contributed by atoms with Gasteiger partial charge in [0.15, 0.2) is 0 Å². The van der Waals surface area contributed by atoms with Gasteiger partial charge in [-0.25, -0.2) is 26.2 Å². The molecule has 0 radical (unpaired) electrons. The molecule has 0 spiro atoms. The van der Waals surface area contributed by atoms with E-state index in [1.54, 1.807) is 52.1 Å². The number of nitrogens with one attached hydrogen (secondary N) is 1. The summed E-state index contributed by atoms with van der Waals surface area (Å²) in [5.41, 5.74) is 11.0. The number of aryl methyl sites for hydroxylation is 2. The summed E-state index contributed by atoms with van der Waals surface area (Å²) in [7, 11) is -2.29. The van der Waals surface area contributed by atoms with E-state index in [1.807, 2.05) is 108 Å². The first-order chi connectivity index (χ1) is 29.0. The van der Waals surface area contributed by atoms with Crippen molar-refractivity contribution < 1.29 is 26.3 Å². The zero-order valence-corrected chi connectivity index (χ0v) is 36.6. The summed E-state index contributed by atoms with van der Waals surface area (Å²) >= 11 is 0. The molecule has 0 aliphatic carbocycles. The highest BCUT2D eigenvalue weighted by atomic mass is 35.7. The molecule has 4 aromatic heterocycles. The van der Waals surface area contributed by atoms with Gasteiger partial charge in [-0.1, -0.05) is 12.1 Å². The molecule has 0 aliphatic rings. The van der Waals surface area contributed by atoms with Crippen LogP contribution in [-0.4, -0.2) is 58.6 Å². The van der Waals surface area contributed by atoms with Gasteiger partial charge in [-0.15, -0.1) is 0 Å². The average molecular weight is 881 g/mol. The molecule has 0 amide bonds. The Kier molecular flexibility index (Phi) is 13.6. The SMILES string of the molecule is CC(C)Oc1ccc(S(=O)(=O)Cl)cc1.Cc1cc(N)n(-c2cccc3ncccc23)n1.Cc1cc(NS(=O)(=O)c2ccc(OC(C)C)cc2)n(-c2cccc3ncccc23)n1. The second kappa shape index (κ2) is 18.8. The van der Waals surface area contributed by atoms with Crippen molar-refractivity contribution in [3.05, 3.63) is 145 Å².